The summed E-state index contributed by atoms with van der Waals surface area (Å²) in [6.07, 6.45) is 1.04. The van der Waals surface area contributed by atoms with E-state index in [1.165, 1.54) is 17.0 Å². The van der Waals surface area contributed by atoms with E-state index in [1.54, 1.807) is 62.4 Å². The summed E-state index contributed by atoms with van der Waals surface area (Å²) >= 11 is 18.5. The zero-order valence-electron chi connectivity index (χ0n) is 23.5. The number of sulfonamides is 1. The molecule has 3 rings (SSSR count). The van der Waals surface area contributed by atoms with E-state index in [0.717, 1.165) is 16.3 Å². The Morgan fingerprint density at radius 1 is 0.902 bits per heavy atom. The van der Waals surface area contributed by atoms with Crippen molar-refractivity contribution in [1.82, 2.24) is 10.2 Å². The third-order valence-corrected chi connectivity index (χ3v) is 9.34. The largest absolute Gasteiger partial charge is 0.354 e. The number of aryl methyl sites for hydroxylation is 2. The molecule has 0 aliphatic heterocycles. The van der Waals surface area contributed by atoms with Gasteiger partial charge in [-0.05, 0) is 80.3 Å². The lowest BCUT2D eigenvalue weighted by Crippen LogP contribution is -2.52. The SMILES string of the molecule is CCCNC(=O)[C@H](CC)N(Cc1ccc(Cl)c(Cl)c1)C(=O)CN(c1ccc(Cl)cc1C)S(=O)(=O)c1ccc(C)cc1. The monoisotopic (exact) mass is 637 g/mol. The number of benzene rings is 3. The van der Waals surface area contributed by atoms with Gasteiger partial charge in [0.25, 0.3) is 10.0 Å². The van der Waals surface area contributed by atoms with Crippen molar-refractivity contribution in [3.8, 4) is 0 Å². The number of nitrogens with one attached hydrogen (secondary N) is 1. The average Bonchev–Trinajstić information content (AvgIpc) is 2.92. The summed E-state index contributed by atoms with van der Waals surface area (Å²) in [6.45, 7) is 7.24. The number of rotatable bonds is 12. The summed E-state index contributed by atoms with van der Waals surface area (Å²) in [5.41, 5.74) is 2.42. The van der Waals surface area contributed by atoms with E-state index in [1.807, 2.05) is 13.8 Å². The van der Waals surface area contributed by atoms with Crippen LogP contribution in [0.2, 0.25) is 15.1 Å². The van der Waals surface area contributed by atoms with Gasteiger partial charge in [-0.2, -0.15) is 0 Å². The minimum absolute atomic E-state index is 0.0196. The summed E-state index contributed by atoms with van der Waals surface area (Å²) < 4.78 is 29.1. The second kappa shape index (κ2) is 14.4. The van der Waals surface area contributed by atoms with E-state index in [0.29, 0.717) is 44.8 Å². The van der Waals surface area contributed by atoms with Gasteiger partial charge in [0.1, 0.15) is 12.6 Å². The maximum absolute atomic E-state index is 14.1. The van der Waals surface area contributed by atoms with Crippen LogP contribution in [-0.4, -0.2) is 44.3 Å². The Morgan fingerprint density at radius 3 is 2.17 bits per heavy atom. The van der Waals surface area contributed by atoms with E-state index in [-0.39, 0.29) is 17.3 Å². The molecule has 7 nitrogen and oxygen atoms in total. The van der Waals surface area contributed by atoms with Crippen molar-refractivity contribution in [3.63, 3.8) is 0 Å². The molecule has 1 atom stereocenters. The van der Waals surface area contributed by atoms with Crippen LogP contribution in [0, 0.1) is 13.8 Å². The van der Waals surface area contributed by atoms with E-state index in [2.05, 4.69) is 5.32 Å². The zero-order valence-corrected chi connectivity index (χ0v) is 26.5. The summed E-state index contributed by atoms with van der Waals surface area (Å²) in [5, 5.41) is 3.96. The lowest BCUT2D eigenvalue weighted by molar-refractivity contribution is -0.140. The highest BCUT2D eigenvalue weighted by atomic mass is 35.5. The predicted octanol–water partition coefficient (Wildman–Crippen LogP) is 6.79. The lowest BCUT2D eigenvalue weighted by atomic mass is 10.1. The van der Waals surface area contributed by atoms with Gasteiger partial charge in [-0.15, -0.1) is 0 Å². The van der Waals surface area contributed by atoms with Gasteiger partial charge in [-0.3, -0.25) is 13.9 Å². The summed E-state index contributed by atoms with van der Waals surface area (Å²) in [6, 6.07) is 15.3. The lowest BCUT2D eigenvalue weighted by Gasteiger charge is -2.33. The minimum Gasteiger partial charge on any atom is -0.354 e. The molecule has 0 bridgehead atoms. The molecule has 0 radical (unpaired) electrons. The highest BCUT2D eigenvalue weighted by Crippen LogP contribution is 2.30. The predicted molar refractivity (Wildman–Crippen MR) is 166 cm³/mol. The molecular formula is C30H34Cl3N3O4S. The van der Waals surface area contributed by atoms with Gasteiger partial charge in [0.05, 0.1) is 20.6 Å². The summed E-state index contributed by atoms with van der Waals surface area (Å²) in [4.78, 5) is 28.7. The first-order valence-electron chi connectivity index (χ1n) is 13.3. The third-order valence-electron chi connectivity index (χ3n) is 6.59. The van der Waals surface area contributed by atoms with Crippen LogP contribution in [0.5, 0.6) is 0 Å². The molecule has 41 heavy (non-hydrogen) atoms. The molecule has 0 fully saturated rings. The van der Waals surface area contributed by atoms with Crippen LogP contribution in [0.15, 0.2) is 65.6 Å². The van der Waals surface area contributed by atoms with Crippen molar-refractivity contribution in [2.45, 2.75) is 58.0 Å². The first kappa shape index (κ1) is 32.7. The van der Waals surface area contributed by atoms with Crippen molar-refractivity contribution in [2.75, 3.05) is 17.4 Å². The zero-order chi connectivity index (χ0) is 30.3. The van der Waals surface area contributed by atoms with E-state index >= 15 is 0 Å². The average molecular weight is 639 g/mol. The highest BCUT2D eigenvalue weighted by Gasteiger charge is 2.34. The van der Waals surface area contributed by atoms with Crippen LogP contribution in [0.1, 0.15) is 43.4 Å². The quantitative estimate of drug-likeness (QED) is 0.237. The number of nitrogens with zero attached hydrogens (tertiary/aromatic N) is 2. The van der Waals surface area contributed by atoms with Crippen LogP contribution in [-0.2, 0) is 26.2 Å². The van der Waals surface area contributed by atoms with Gasteiger partial charge in [0, 0.05) is 18.1 Å². The second-order valence-electron chi connectivity index (χ2n) is 9.74. The number of carbonyl (C=O) groups is 2. The van der Waals surface area contributed by atoms with Crippen LogP contribution in [0.25, 0.3) is 0 Å². The molecular weight excluding hydrogens is 605 g/mol. The molecule has 11 heteroatoms. The molecule has 0 saturated carbocycles. The van der Waals surface area contributed by atoms with E-state index in [4.69, 9.17) is 34.8 Å². The number of hydrogen-bond donors (Lipinski definition) is 1. The van der Waals surface area contributed by atoms with E-state index < -0.39 is 28.5 Å². The maximum atomic E-state index is 14.1. The molecule has 0 heterocycles. The van der Waals surface area contributed by atoms with Crippen LogP contribution < -0.4 is 9.62 Å². The summed E-state index contributed by atoms with van der Waals surface area (Å²) in [7, 11) is -4.18. The van der Waals surface area contributed by atoms with Crippen molar-refractivity contribution in [3.05, 3.63) is 92.4 Å². The third kappa shape index (κ3) is 8.16. The Labute approximate surface area is 257 Å². The van der Waals surface area contributed by atoms with Crippen molar-refractivity contribution >= 4 is 62.3 Å². The number of hydrogen-bond acceptors (Lipinski definition) is 4. The summed E-state index contributed by atoms with van der Waals surface area (Å²) in [5.74, 6) is -0.877. The molecule has 3 aromatic rings. The van der Waals surface area contributed by atoms with Gasteiger partial charge < -0.3 is 10.2 Å². The fourth-order valence-electron chi connectivity index (χ4n) is 4.37. The van der Waals surface area contributed by atoms with Gasteiger partial charge in [0.15, 0.2) is 0 Å². The van der Waals surface area contributed by atoms with Crippen molar-refractivity contribution in [1.29, 1.82) is 0 Å². The highest BCUT2D eigenvalue weighted by molar-refractivity contribution is 7.92. The van der Waals surface area contributed by atoms with Crippen LogP contribution in [0.4, 0.5) is 5.69 Å². The topological polar surface area (TPSA) is 86.8 Å². The van der Waals surface area contributed by atoms with Crippen LogP contribution >= 0.6 is 34.8 Å². The molecule has 220 valence electrons. The van der Waals surface area contributed by atoms with Gasteiger partial charge in [0.2, 0.25) is 11.8 Å². The molecule has 3 aromatic carbocycles. The number of carbonyl (C=O) groups excluding carboxylic acids is 2. The molecule has 0 saturated heterocycles. The van der Waals surface area contributed by atoms with Crippen molar-refractivity contribution in [2.24, 2.45) is 0 Å². The van der Waals surface area contributed by atoms with Crippen molar-refractivity contribution < 1.29 is 18.0 Å². The molecule has 1 N–H and O–H groups in total. The van der Waals surface area contributed by atoms with Gasteiger partial charge in [-0.1, -0.05) is 72.4 Å². The Morgan fingerprint density at radius 2 is 1.59 bits per heavy atom. The Kier molecular flexibility index (Phi) is 11.5. The Bertz CT molecular complexity index is 1500. The fraction of sp³-hybridized carbons (Fsp3) is 0.333. The maximum Gasteiger partial charge on any atom is 0.264 e. The molecule has 2 amide bonds. The van der Waals surface area contributed by atoms with Gasteiger partial charge in [-0.25, -0.2) is 8.42 Å². The van der Waals surface area contributed by atoms with Gasteiger partial charge >= 0.3 is 0 Å². The van der Waals surface area contributed by atoms with E-state index in [9.17, 15) is 18.0 Å². The minimum atomic E-state index is -4.18. The second-order valence-corrected chi connectivity index (χ2v) is 12.9. The van der Waals surface area contributed by atoms with Crippen LogP contribution in [0.3, 0.4) is 0 Å². The Balaban J connectivity index is 2.10. The number of halogens is 3. The first-order chi connectivity index (χ1) is 19.4. The molecule has 0 aliphatic rings. The fourth-order valence-corrected chi connectivity index (χ4v) is 6.40. The molecule has 0 unspecified atom stereocenters. The molecule has 0 aliphatic carbocycles. The Hall–Kier alpha value is -2.78. The first-order valence-corrected chi connectivity index (χ1v) is 15.8. The smallest absolute Gasteiger partial charge is 0.264 e. The standard InChI is InChI=1S/C30H34Cl3N3O4S/c1-5-15-34-30(38)27(6-2)35(18-22-9-13-25(32)26(33)17-22)29(37)19-36(28-14-10-23(31)16-21(28)4)41(39,40)24-11-7-20(3)8-12-24/h7-14,16-17,27H,5-6,15,18-19H2,1-4H3,(H,34,38)/t27-/m0/s1. The number of amides is 2. The molecule has 0 aromatic heterocycles. The number of anilines is 1. The molecule has 0 spiro atoms. The normalized spacial score (nSPS) is 12.1.